The highest BCUT2D eigenvalue weighted by atomic mass is 35.5. The summed E-state index contributed by atoms with van der Waals surface area (Å²) in [6.45, 7) is 5.20. The third-order valence-corrected chi connectivity index (χ3v) is 7.62. The van der Waals surface area contributed by atoms with Gasteiger partial charge in [-0.05, 0) is 75.1 Å². The number of rotatable bonds is 10. The van der Waals surface area contributed by atoms with Crippen LogP contribution in [0, 0.1) is 0 Å². The van der Waals surface area contributed by atoms with Crippen molar-refractivity contribution in [2.24, 2.45) is 0 Å². The van der Waals surface area contributed by atoms with Crippen LogP contribution in [0.3, 0.4) is 0 Å². The second kappa shape index (κ2) is 11.4. The second-order valence-corrected chi connectivity index (χ2v) is 10.4. The standard InChI is InChI=1S/C26H25Cl2F3O4S/c1-4-34-18(21-14-13-20(36-21)15-5-9-17(10-6-15)26(29,30)31)11-7-16-8-12-19(23(28)22(16)27)35-25(2,3)24(32)33/h5-6,8-10,12-14,18H,4,7,11H2,1-3H3,(H,32,33). The lowest BCUT2D eigenvalue weighted by atomic mass is 10.0. The van der Waals surface area contributed by atoms with E-state index in [0.29, 0.717) is 25.0 Å². The molecule has 1 unspecified atom stereocenters. The molecule has 0 aliphatic rings. The fourth-order valence-electron chi connectivity index (χ4n) is 3.46. The van der Waals surface area contributed by atoms with Crippen molar-refractivity contribution in [3.63, 3.8) is 0 Å². The summed E-state index contributed by atoms with van der Waals surface area (Å²) >= 11 is 14.3. The fraction of sp³-hybridized carbons (Fsp3) is 0.346. The molecule has 0 fully saturated rings. The minimum absolute atomic E-state index is 0.136. The number of hydrogen-bond acceptors (Lipinski definition) is 4. The number of benzene rings is 2. The lowest BCUT2D eigenvalue weighted by Gasteiger charge is -2.23. The number of hydrogen-bond donors (Lipinski definition) is 1. The Morgan fingerprint density at radius 1 is 1.03 bits per heavy atom. The Balaban J connectivity index is 1.74. The third-order valence-electron chi connectivity index (χ3n) is 5.49. The van der Waals surface area contributed by atoms with Gasteiger partial charge in [0.25, 0.3) is 0 Å². The maximum atomic E-state index is 12.9. The maximum Gasteiger partial charge on any atom is 0.416 e. The molecule has 0 bridgehead atoms. The minimum atomic E-state index is -4.37. The van der Waals surface area contributed by atoms with Crippen molar-refractivity contribution in [1.82, 2.24) is 0 Å². The number of aliphatic carboxylic acids is 1. The zero-order valence-corrected chi connectivity index (χ0v) is 22.1. The van der Waals surface area contributed by atoms with Crippen LogP contribution in [0.2, 0.25) is 10.0 Å². The van der Waals surface area contributed by atoms with Crippen LogP contribution >= 0.6 is 34.5 Å². The summed E-state index contributed by atoms with van der Waals surface area (Å²) in [6, 6.07) is 12.2. The van der Waals surface area contributed by atoms with Gasteiger partial charge in [0.15, 0.2) is 5.60 Å². The fourth-order valence-corrected chi connectivity index (χ4v) is 5.03. The molecule has 1 aromatic heterocycles. The van der Waals surface area contributed by atoms with E-state index in [4.69, 9.17) is 32.7 Å². The first kappa shape index (κ1) is 28.3. The molecule has 194 valence electrons. The molecule has 4 nitrogen and oxygen atoms in total. The van der Waals surface area contributed by atoms with Gasteiger partial charge in [-0.2, -0.15) is 13.2 Å². The largest absolute Gasteiger partial charge is 0.478 e. The van der Waals surface area contributed by atoms with E-state index in [1.54, 1.807) is 12.1 Å². The zero-order chi connectivity index (χ0) is 26.7. The summed E-state index contributed by atoms with van der Waals surface area (Å²) in [7, 11) is 0. The van der Waals surface area contributed by atoms with Crippen molar-refractivity contribution in [3.8, 4) is 16.2 Å². The number of aryl methyl sites for hydroxylation is 1. The van der Waals surface area contributed by atoms with Gasteiger partial charge in [-0.15, -0.1) is 11.3 Å². The molecule has 0 aliphatic heterocycles. The quantitative estimate of drug-likeness (QED) is 0.269. The van der Waals surface area contributed by atoms with Crippen LogP contribution in [0.4, 0.5) is 13.2 Å². The van der Waals surface area contributed by atoms with Crippen molar-refractivity contribution in [2.45, 2.75) is 51.5 Å². The smallest absolute Gasteiger partial charge is 0.416 e. The lowest BCUT2D eigenvalue weighted by molar-refractivity contribution is -0.152. The van der Waals surface area contributed by atoms with Crippen LogP contribution < -0.4 is 4.74 Å². The molecule has 36 heavy (non-hydrogen) atoms. The van der Waals surface area contributed by atoms with E-state index in [0.717, 1.165) is 27.5 Å². The van der Waals surface area contributed by atoms with E-state index in [1.807, 2.05) is 19.1 Å². The van der Waals surface area contributed by atoms with Crippen molar-refractivity contribution in [3.05, 3.63) is 74.6 Å². The molecule has 1 N–H and O–H groups in total. The number of carboxylic acids is 1. The summed E-state index contributed by atoms with van der Waals surface area (Å²) in [5.74, 6) is -0.955. The van der Waals surface area contributed by atoms with Crippen LogP contribution in [-0.4, -0.2) is 23.3 Å². The Hall–Kier alpha value is -2.26. The highest BCUT2D eigenvalue weighted by Crippen LogP contribution is 2.40. The Bertz CT molecular complexity index is 1210. The molecule has 1 heterocycles. The molecule has 3 rings (SSSR count). The first-order valence-electron chi connectivity index (χ1n) is 11.1. The first-order chi connectivity index (χ1) is 16.8. The molecule has 0 aliphatic carbocycles. The van der Waals surface area contributed by atoms with Crippen molar-refractivity contribution in [1.29, 1.82) is 0 Å². The van der Waals surface area contributed by atoms with E-state index in [2.05, 4.69) is 0 Å². The number of thiophene rings is 1. The van der Waals surface area contributed by atoms with Gasteiger partial charge < -0.3 is 14.6 Å². The van der Waals surface area contributed by atoms with Crippen LogP contribution in [0.5, 0.6) is 5.75 Å². The molecule has 0 spiro atoms. The SMILES string of the molecule is CCOC(CCc1ccc(OC(C)(C)C(=O)O)c(Cl)c1Cl)c1ccc(-c2ccc(C(F)(F)F)cc2)s1. The average Bonchev–Trinajstić information content (AvgIpc) is 3.30. The van der Waals surface area contributed by atoms with Gasteiger partial charge in [0, 0.05) is 16.4 Å². The molecule has 1 atom stereocenters. The summed E-state index contributed by atoms with van der Waals surface area (Å²) < 4.78 is 50.1. The number of carbonyl (C=O) groups is 1. The topological polar surface area (TPSA) is 55.8 Å². The summed E-state index contributed by atoms with van der Waals surface area (Å²) in [5, 5.41) is 9.70. The predicted molar refractivity (Wildman–Crippen MR) is 136 cm³/mol. The Labute approximate surface area is 221 Å². The van der Waals surface area contributed by atoms with Crippen LogP contribution in [-0.2, 0) is 22.1 Å². The van der Waals surface area contributed by atoms with Gasteiger partial charge in [-0.25, -0.2) is 4.79 Å². The van der Waals surface area contributed by atoms with E-state index in [9.17, 15) is 23.1 Å². The van der Waals surface area contributed by atoms with Gasteiger partial charge in [0.05, 0.1) is 16.7 Å². The van der Waals surface area contributed by atoms with Gasteiger partial charge >= 0.3 is 12.1 Å². The molecule has 0 amide bonds. The van der Waals surface area contributed by atoms with Crippen molar-refractivity contribution >= 4 is 40.5 Å². The third kappa shape index (κ3) is 6.73. The summed E-state index contributed by atoms with van der Waals surface area (Å²) in [4.78, 5) is 13.1. The van der Waals surface area contributed by atoms with Gasteiger partial charge in [0.1, 0.15) is 10.8 Å². The highest BCUT2D eigenvalue weighted by Gasteiger charge is 2.31. The molecule has 0 saturated carbocycles. The number of halogens is 5. The van der Waals surface area contributed by atoms with Crippen LogP contribution in [0.15, 0.2) is 48.5 Å². The first-order valence-corrected chi connectivity index (χ1v) is 12.7. The highest BCUT2D eigenvalue weighted by molar-refractivity contribution is 7.15. The Kier molecular flexibility index (Phi) is 8.98. The average molecular weight is 561 g/mol. The van der Waals surface area contributed by atoms with Gasteiger partial charge in [-0.1, -0.05) is 41.4 Å². The van der Waals surface area contributed by atoms with E-state index in [1.165, 1.54) is 37.3 Å². The second-order valence-electron chi connectivity index (χ2n) is 8.53. The lowest BCUT2D eigenvalue weighted by Crippen LogP contribution is -2.38. The number of alkyl halides is 3. The molecule has 2 aromatic carbocycles. The van der Waals surface area contributed by atoms with E-state index < -0.39 is 23.3 Å². The monoisotopic (exact) mass is 560 g/mol. The predicted octanol–water partition coefficient (Wildman–Crippen LogP) is 8.69. The molecule has 0 saturated heterocycles. The van der Waals surface area contributed by atoms with Gasteiger partial charge in [-0.3, -0.25) is 0 Å². The van der Waals surface area contributed by atoms with E-state index >= 15 is 0 Å². The summed E-state index contributed by atoms with van der Waals surface area (Å²) in [6.07, 6.45) is -3.52. The maximum absolute atomic E-state index is 12.9. The number of ether oxygens (including phenoxy) is 2. The van der Waals surface area contributed by atoms with E-state index in [-0.39, 0.29) is 21.9 Å². The Morgan fingerprint density at radius 3 is 2.28 bits per heavy atom. The molecular formula is C26H25Cl2F3O4S. The molecule has 3 aromatic rings. The number of carboxylic acid groups (broad SMARTS) is 1. The minimum Gasteiger partial charge on any atom is -0.478 e. The van der Waals surface area contributed by atoms with Crippen LogP contribution in [0.1, 0.15) is 49.3 Å². The molecule has 10 heteroatoms. The Morgan fingerprint density at radius 2 is 1.69 bits per heavy atom. The summed E-state index contributed by atoms with van der Waals surface area (Å²) in [5.41, 5.74) is -0.706. The van der Waals surface area contributed by atoms with Gasteiger partial charge in [0.2, 0.25) is 0 Å². The van der Waals surface area contributed by atoms with Crippen LogP contribution in [0.25, 0.3) is 10.4 Å². The normalized spacial score (nSPS) is 13.0. The molecule has 0 radical (unpaired) electrons. The van der Waals surface area contributed by atoms with Crippen molar-refractivity contribution in [2.75, 3.05) is 6.61 Å². The zero-order valence-electron chi connectivity index (χ0n) is 19.8. The van der Waals surface area contributed by atoms with Crippen molar-refractivity contribution < 1.29 is 32.5 Å². The molecular weight excluding hydrogens is 536 g/mol.